The lowest BCUT2D eigenvalue weighted by atomic mass is 10.1. The summed E-state index contributed by atoms with van der Waals surface area (Å²) >= 11 is 1.93. The van der Waals surface area contributed by atoms with Crippen LogP contribution in [0.25, 0.3) is 0 Å². The maximum atomic E-state index is 11.5. The molecule has 0 aliphatic carbocycles. The summed E-state index contributed by atoms with van der Waals surface area (Å²) in [5, 5.41) is 6.46. The van der Waals surface area contributed by atoms with Crippen molar-refractivity contribution in [2.75, 3.05) is 25.5 Å². The number of thioether (sulfide) groups is 1. The Morgan fingerprint density at radius 1 is 1.35 bits per heavy atom. The minimum Gasteiger partial charge on any atom is -0.381 e. The van der Waals surface area contributed by atoms with Crippen LogP contribution in [0.2, 0.25) is 0 Å². The molecule has 1 aliphatic rings. The summed E-state index contributed by atoms with van der Waals surface area (Å²) in [5.74, 6) is 0.974. The Kier molecular flexibility index (Phi) is 6.12. The van der Waals surface area contributed by atoms with Crippen LogP contribution in [0.3, 0.4) is 0 Å². The minimum absolute atomic E-state index is 0.0786. The second-order valence-electron chi connectivity index (χ2n) is 5.31. The van der Waals surface area contributed by atoms with E-state index in [1.807, 2.05) is 32.5 Å². The lowest BCUT2D eigenvalue weighted by molar-refractivity contribution is 0.100. The average Bonchev–Trinajstić information content (AvgIpc) is 2.23. The van der Waals surface area contributed by atoms with Crippen LogP contribution < -0.4 is 10.6 Å². The third-order valence-electron chi connectivity index (χ3n) is 2.40. The number of urea groups is 1. The molecule has 0 unspecified atom stereocenters. The topological polar surface area (TPSA) is 50.4 Å². The molecule has 0 aromatic carbocycles. The predicted octanol–water partition coefficient (Wildman–Crippen LogP) is 2.00. The number of hydrogen-bond acceptors (Lipinski definition) is 3. The van der Waals surface area contributed by atoms with Crippen LogP contribution in [0.15, 0.2) is 0 Å². The molecule has 0 aromatic rings. The van der Waals surface area contributed by atoms with E-state index >= 15 is 0 Å². The number of nitrogens with one attached hydrogen (secondary N) is 2. The van der Waals surface area contributed by atoms with Gasteiger partial charge in [-0.3, -0.25) is 0 Å². The molecule has 1 aliphatic heterocycles. The summed E-state index contributed by atoms with van der Waals surface area (Å²) in [6.07, 6.45) is 2.28. The van der Waals surface area contributed by atoms with Gasteiger partial charge in [0.05, 0.1) is 0 Å². The second kappa shape index (κ2) is 7.11. The molecule has 4 nitrogen and oxygen atoms in total. The largest absolute Gasteiger partial charge is 0.381 e. The lowest BCUT2D eigenvalue weighted by Crippen LogP contribution is -2.46. The minimum atomic E-state index is -0.169. The highest BCUT2D eigenvalue weighted by molar-refractivity contribution is 7.99. The van der Waals surface area contributed by atoms with Crippen molar-refractivity contribution < 1.29 is 9.53 Å². The van der Waals surface area contributed by atoms with Crippen LogP contribution in [0.1, 0.15) is 33.6 Å². The van der Waals surface area contributed by atoms with Gasteiger partial charge < -0.3 is 15.4 Å². The summed E-state index contributed by atoms with van der Waals surface area (Å²) in [4.78, 5) is 11.5. The monoisotopic (exact) mass is 260 g/mol. The molecule has 1 heterocycles. The zero-order valence-electron chi connectivity index (χ0n) is 11.0. The fraction of sp³-hybridized carbons (Fsp3) is 0.917. The molecule has 1 saturated heterocycles. The first kappa shape index (κ1) is 14.6. The highest BCUT2D eigenvalue weighted by Gasteiger charge is 2.15. The molecule has 2 amide bonds. The summed E-state index contributed by atoms with van der Waals surface area (Å²) in [7, 11) is 0. The number of carbonyl (C=O) groups is 1. The van der Waals surface area contributed by atoms with Gasteiger partial charge in [-0.1, -0.05) is 0 Å². The summed E-state index contributed by atoms with van der Waals surface area (Å²) in [6, 6.07) is -0.0786. The normalized spacial score (nSPS) is 17.8. The number of ether oxygens (including phenoxy) is 1. The zero-order chi connectivity index (χ0) is 12.7. The first-order valence-electron chi connectivity index (χ1n) is 6.23. The van der Waals surface area contributed by atoms with E-state index in [1.165, 1.54) is 0 Å². The zero-order valence-corrected chi connectivity index (χ0v) is 11.9. The second-order valence-corrected chi connectivity index (χ2v) is 6.72. The van der Waals surface area contributed by atoms with Gasteiger partial charge in [0.1, 0.15) is 0 Å². The third-order valence-corrected chi connectivity index (χ3v) is 3.78. The molecule has 0 aromatic heterocycles. The molecule has 0 bridgehead atoms. The Morgan fingerprint density at radius 3 is 2.59 bits per heavy atom. The summed E-state index contributed by atoms with van der Waals surface area (Å²) in [6.45, 7) is 8.42. The highest BCUT2D eigenvalue weighted by atomic mass is 32.2. The maximum absolute atomic E-state index is 11.5. The fourth-order valence-corrected chi connectivity index (χ4v) is 2.70. The average molecular weight is 260 g/mol. The van der Waals surface area contributed by atoms with E-state index in [0.29, 0.717) is 5.25 Å². The van der Waals surface area contributed by atoms with Crippen molar-refractivity contribution in [3.63, 3.8) is 0 Å². The lowest BCUT2D eigenvalue weighted by Gasteiger charge is -2.22. The molecule has 0 saturated carbocycles. The van der Waals surface area contributed by atoms with Crippen LogP contribution in [-0.2, 0) is 4.74 Å². The first-order chi connectivity index (χ1) is 7.97. The van der Waals surface area contributed by atoms with Gasteiger partial charge in [-0.25, -0.2) is 4.79 Å². The fourth-order valence-electron chi connectivity index (χ4n) is 1.62. The number of hydrogen-bond donors (Lipinski definition) is 2. The van der Waals surface area contributed by atoms with Gasteiger partial charge in [0.25, 0.3) is 0 Å². The number of rotatable bonds is 4. The molecule has 5 heteroatoms. The van der Waals surface area contributed by atoms with Gasteiger partial charge in [-0.05, 0) is 33.6 Å². The van der Waals surface area contributed by atoms with E-state index in [1.54, 1.807) is 0 Å². The highest BCUT2D eigenvalue weighted by Crippen LogP contribution is 2.21. The van der Waals surface area contributed by atoms with Gasteiger partial charge in [0.2, 0.25) is 0 Å². The van der Waals surface area contributed by atoms with Crippen molar-refractivity contribution >= 4 is 17.8 Å². The van der Waals surface area contributed by atoms with E-state index in [0.717, 1.165) is 38.4 Å². The smallest absolute Gasteiger partial charge is 0.315 e. The molecule has 17 heavy (non-hydrogen) atoms. The SMILES string of the molecule is CC(C)(C)NC(=O)NCCSC1CCOCC1. The van der Waals surface area contributed by atoms with Crippen molar-refractivity contribution in [1.29, 1.82) is 0 Å². The van der Waals surface area contributed by atoms with E-state index in [2.05, 4.69) is 10.6 Å². The van der Waals surface area contributed by atoms with Crippen LogP contribution in [0.5, 0.6) is 0 Å². The van der Waals surface area contributed by atoms with E-state index in [9.17, 15) is 4.79 Å². The molecular weight excluding hydrogens is 236 g/mol. The van der Waals surface area contributed by atoms with Crippen molar-refractivity contribution in [2.45, 2.75) is 44.4 Å². The Hall–Kier alpha value is -0.420. The summed E-state index contributed by atoms with van der Waals surface area (Å²) < 4.78 is 5.31. The number of carbonyl (C=O) groups excluding carboxylic acids is 1. The molecular formula is C12H24N2O2S. The molecule has 0 spiro atoms. The van der Waals surface area contributed by atoms with Gasteiger partial charge in [-0.15, -0.1) is 0 Å². The van der Waals surface area contributed by atoms with E-state index in [-0.39, 0.29) is 11.6 Å². The van der Waals surface area contributed by atoms with Crippen molar-refractivity contribution in [1.82, 2.24) is 10.6 Å². The Labute approximate surface area is 108 Å². The molecule has 100 valence electrons. The molecule has 0 radical (unpaired) electrons. The van der Waals surface area contributed by atoms with Crippen molar-refractivity contribution in [2.24, 2.45) is 0 Å². The molecule has 0 atom stereocenters. The summed E-state index contributed by atoms with van der Waals surface area (Å²) in [5.41, 5.74) is -0.169. The molecule has 2 N–H and O–H groups in total. The molecule has 1 rings (SSSR count). The quantitative estimate of drug-likeness (QED) is 0.760. The Balaban J connectivity index is 2.01. The van der Waals surface area contributed by atoms with Crippen LogP contribution in [0, 0.1) is 0 Å². The van der Waals surface area contributed by atoms with Gasteiger partial charge in [0, 0.05) is 36.3 Å². The van der Waals surface area contributed by atoms with E-state index in [4.69, 9.17) is 4.74 Å². The Morgan fingerprint density at radius 2 is 2.00 bits per heavy atom. The van der Waals surface area contributed by atoms with Crippen molar-refractivity contribution in [3.05, 3.63) is 0 Å². The van der Waals surface area contributed by atoms with Crippen molar-refractivity contribution in [3.8, 4) is 0 Å². The Bertz CT molecular complexity index is 235. The maximum Gasteiger partial charge on any atom is 0.315 e. The molecule has 1 fully saturated rings. The first-order valence-corrected chi connectivity index (χ1v) is 7.27. The standard InChI is InChI=1S/C12H24N2O2S/c1-12(2,3)14-11(15)13-6-9-17-10-4-7-16-8-5-10/h10H,4-9H2,1-3H3,(H2,13,14,15). The number of amides is 2. The van der Waals surface area contributed by atoms with Crippen LogP contribution >= 0.6 is 11.8 Å². The van der Waals surface area contributed by atoms with Gasteiger partial charge in [0.15, 0.2) is 0 Å². The predicted molar refractivity (Wildman–Crippen MR) is 72.6 cm³/mol. The van der Waals surface area contributed by atoms with E-state index < -0.39 is 0 Å². The van der Waals surface area contributed by atoms with Crippen LogP contribution in [0.4, 0.5) is 4.79 Å². The van der Waals surface area contributed by atoms with Gasteiger partial charge in [-0.2, -0.15) is 11.8 Å². The third kappa shape index (κ3) is 7.49. The van der Waals surface area contributed by atoms with Gasteiger partial charge >= 0.3 is 6.03 Å². The van der Waals surface area contributed by atoms with Crippen LogP contribution in [-0.4, -0.2) is 42.3 Å².